The van der Waals surface area contributed by atoms with E-state index in [4.69, 9.17) is 0 Å². The average Bonchev–Trinajstić information content (AvgIpc) is 3.09. The van der Waals surface area contributed by atoms with Crippen molar-refractivity contribution in [3.05, 3.63) is 78.7 Å². The fourth-order valence-corrected chi connectivity index (χ4v) is 3.16. The minimum absolute atomic E-state index is 0.319. The summed E-state index contributed by atoms with van der Waals surface area (Å²) in [7, 11) is 3.92. The number of nitrogens with zero attached hydrogens (tertiary/aromatic N) is 4. The molecule has 0 spiro atoms. The van der Waals surface area contributed by atoms with Crippen molar-refractivity contribution in [2.45, 2.75) is 0 Å². The van der Waals surface area contributed by atoms with Gasteiger partial charge in [0.15, 0.2) is 5.82 Å². The number of amides is 1. The molecular formula is C22H19FN4O. The van der Waals surface area contributed by atoms with Gasteiger partial charge < -0.3 is 4.90 Å². The molecule has 4 rings (SSSR count). The standard InChI is InChI=1S/C22H19FN4O/c1-25(2)18-10-12-19(13-11-18)27(15-28)22-21(16-6-8-17(23)9-7-16)24-20-5-3-4-14-26(20)22/h3-15H,1-2H3. The maximum atomic E-state index is 13.4. The van der Waals surface area contributed by atoms with E-state index in [2.05, 4.69) is 4.98 Å². The van der Waals surface area contributed by atoms with Crippen molar-refractivity contribution in [1.29, 1.82) is 0 Å². The smallest absolute Gasteiger partial charge is 0.219 e. The lowest BCUT2D eigenvalue weighted by Crippen LogP contribution is -2.17. The molecule has 0 aliphatic heterocycles. The Kier molecular flexibility index (Phi) is 4.53. The molecule has 4 aromatic rings. The van der Waals surface area contributed by atoms with Crippen LogP contribution in [-0.4, -0.2) is 29.9 Å². The van der Waals surface area contributed by atoms with Crippen LogP contribution in [0.1, 0.15) is 0 Å². The summed E-state index contributed by atoms with van der Waals surface area (Å²) in [5.41, 5.74) is 3.79. The van der Waals surface area contributed by atoms with Crippen molar-refractivity contribution in [2.24, 2.45) is 0 Å². The highest BCUT2D eigenvalue weighted by atomic mass is 19.1. The molecule has 2 aromatic heterocycles. The number of imidazole rings is 1. The Balaban J connectivity index is 1.91. The van der Waals surface area contributed by atoms with E-state index in [9.17, 15) is 9.18 Å². The molecule has 28 heavy (non-hydrogen) atoms. The Labute approximate surface area is 162 Å². The van der Waals surface area contributed by atoms with Crippen LogP contribution < -0.4 is 9.80 Å². The highest BCUT2D eigenvalue weighted by molar-refractivity contribution is 5.93. The number of carbonyl (C=O) groups excluding carboxylic acids is 1. The predicted molar refractivity (Wildman–Crippen MR) is 110 cm³/mol. The average molecular weight is 374 g/mol. The number of hydrogen-bond acceptors (Lipinski definition) is 3. The molecule has 6 heteroatoms. The van der Waals surface area contributed by atoms with Crippen molar-refractivity contribution >= 4 is 29.2 Å². The number of rotatable bonds is 5. The number of anilines is 3. The van der Waals surface area contributed by atoms with Gasteiger partial charge in [0.05, 0.1) is 5.69 Å². The van der Waals surface area contributed by atoms with Gasteiger partial charge in [-0.2, -0.15) is 0 Å². The van der Waals surface area contributed by atoms with E-state index in [1.54, 1.807) is 17.0 Å². The second-order valence-corrected chi connectivity index (χ2v) is 6.61. The zero-order valence-electron chi connectivity index (χ0n) is 15.6. The first kappa shape index (κ1) is 17.7. The minimum Gasteiger partial charge on any atom is -0.378 e. The summed E-state index contributed by atoms with van der Waals surface area (Å²) in [6.45, 7) is 0. The quantitative estimate of drug-likeness (QED) is 0.483. The van der Waals surface area contributed by atoms with E-state index >= 15 is 0 Å². The number of fused-ring (bicyclic) bond motifs is 1. The van der Waals surface area contributed by atoms with Gasteiger partial charge in [-0.1, -0.05) is 6.07 Å². The van der Waals surface area contributed by atoms with Gasteiger partial charge in [-0.3, -0.25) is 14.1 Å². The lowest BCUT2D eigenvalue weighted by atomic mass is 10.1. The molecule has 0 unspecified atom stereocenters. The molecule has 2 heterocycles. The first-order valence-corrected chi connectivity index (χ1v) is 8.83. The lowest BCUT2D eigenvalue weighted by molar-refractivity contribution is -0.106. The Bertz CT molecular complexity index is 1120. The Morgan fingerprint density at radius 3 is 2.25 bits per heavy atom. The summed E-state index contributed by atoms with van der Waals surface area (Å²) in [6, 6.07) is 19.4. The third kappa shape index (κ3) is 3.09. The summed E-state index contributed by atoms with van der Waals surface area (Å²) in [5.74, 6) is 0.287. The molecule has 0 aliphatic carbocycles. The summed E-state index contributed by atoms with van der Waals surface area (Å²) >= 11 is 0. The van der Waals surface area contributed by atoms with Crippen LogP contribution in [0, 0.1) is 5.82 Å². The molecule has 1 amide bonds. The van der Waals surface area contributed by atoms with Crippen molar-refractivity contribution in [3.8, 4) is 11.3 Å². The predicted octanol–water partition coefficient (Wildman–Crippen LogP) is 4.50. The van der Waals surface area contributed by atoms with Crippen LogP contribution in [0.25, 0.3) is 16.9 Å². The molecule has 0 N–H and O–H groups in total. The zero-order valence-corrected chi connectivity index (χ0v) is 15.6. The second kappa shape index (κ2) is 7.15. The molecule has 0 radical (unpaired) electrons. The van der Waals surface area contributed by atoms with Gasteiger partial charge in [0, 0.05) is 31.5 Å². The number of carbonyl (C=O) groups is 1. The monoisotopic (exact) mass is 374 g/mol. The van der Waals surface area contributed by atoms with Crippen LogP contribution >= 0.6 is 0 Å². The number of hydrogen-bond donors (Lipinski definition) is 0. The normalized spacial score (nSPS) is 10.8. The molecule has 0 saturated heterocycles. The van der Waals surface area contributed by atoms with Crippen molar-refractivity contribution < 1.29 is 9.18 Å². The van der Waals surface area contributed by atoms with E-state index < -0.39 is 0 Å². The first-order chi connectivity index (χ1) is 13.6. The number of aromatic nitrogens is 2. The number of pyridine rings is 1. The number of benzene rings is 2. The molecule has 0 aliphatic rings. The van der Waals surface area contributed by atoms with E-state index in [0.717, 1.165) is 23.3 Å². The third-order valence-corrected chi connectivity index (χ3v) is 4.60. The summed E-state index contributed by atoms with van der Waals surface area (Å²) in [5, 5.41) is 0. The van der Waals surface area contributed by atoms with Crippen molar-refractivity contribution in [3.63, 3.8) is 0 Å². The molecule has 0 bridgehead atoms. The van der Waals surface area contributed by atoms with E-state index in [0.29, 0.717) is 17.2 Å². The van der Waals surface area contributed by atoms with Gasteiger partial charge in [-0.15, -0.1) is 0 Å². The Morgan fingerprint density at radius 1 is 0.929 bits per heavy atom. The van der Waals surface area contributed by atoms with Gasteiger partial charge in [-0.25, -0.2) is 9.37 Å². The minimum atomic E-state index is -0.319. The number of halogens is 1. The lowest BCUT2D eigenvalue weighted by Gasteiger charge is -2.20. The molecule has 0 atom stereocenters. The first-order valence-electron chi connectivity index (χ1n) is 8.83. The molecule has 0 fully saturated rings. The summed E-state index contributed by atoms with van der Waals surface area (Å²) < 4.78 is 15.3. The summed E-state index contributed by atoms with van der Waals surface area (Å²) in [6.07, 6.45) is 2.63. The Morgan fingerprint density at radius 2 is 1.61 bits per heavy atom. The van der Waals surface area contributed by atoms with Crippen LogP contribution in [-0.2, 0) is 4.79 Å². The Hall–Kier alpha value is -3.67. The van der Waals surface area contributed by atoms with Gasteiger partial charge in [0.1, 0.15) is 17.2 Å². The highest BCUT2D eigenvalue weighted by Crippen LogP contribution is 2.35. The molecule has 2 aromatic carbocycles. The van der Waals surface area contributed by atoms with Crippen LogP contribution in [0.2, 0.25) is 0 Å². The van der Waals surface area contributed by atoms with Gasteiger partial charge in [-0.05, 0) is 60.7 Å². The van der Waals surface area contributed by atoms with E-state index in [1.807, 2.05) is 72.1 Å². The van der Waals surface area contributed by atoms with Crippen molar-refractivity contribution in [1.82, 2.24) is 9.38 Å². The second-order valence-electron chi connectivity index (χ2n) is 6.61. The van der Waals surface area contributed by atoms with Crippen LogP contribution in [0.4, 0.5) is 21.6 Å². The molecular weight excluding hydrogens is 355 g/mol. The van der Waals surface area contributed by atoms with Gasteiger partial charge in [0.2, 0.25) is 6.41 Å². The van der Waals surface area contributed by atoms with Crippen molar-refractivity contribution in [2.75, 3.05) is 23.9 Å². The SMILES string of the molecule is CN(C)c1ccc(N(C=O)c2c(-c3ccc(F)cc3)nc3ccccn23)cc1. The van der Waals surface area contributed by atoms with E-state index in [-0.39, 0.29) is 5.82 Å². The topological polar surface area (TPSA) is 40.8 Å². The largest absolute Gasteiger partial charge is 0.378 e. The maximum absolute atomic E-state index is 13.4. The van der Waals surface area contributed by atoms with Gasteiger partial charge >= 0.3 is 0 Å². The fourth-order valence-electron chi connectivity index (χ4n) is 3.16. The zero-order chi connectivity index (χ0) is 19.7. The summed E-state index contributed by atoms with van der Waals surface area (Å²) in [4.78, 5) is 20.3. The maximum Gasteiger partial charge on any atom is 0.219 e. The molecule has 140 valence electrons. The third-order valence-electron chi connectivity index (χ3n) is 4.60. The highest BCUT2D eigenvalue weighted by Gasteiger charge is 2.21. The molecule has 5 nitrogen and oxygen atoms in total. The van der Waals surface area contributed by atoms with E-state index in [1.165, 1.54) is 12.1 Å². The van der Waals surface area contributed by atoms with Crippen LogP contribution in [0.15, 0.2) is 72.9 Å². The van der Waals surface area contributed by atoms with Crippen LogP contribution in [0.3, 0.4) is 0 Å². The molecule has 0 saturated carbocycles. The fraction of sp³-hybridized carbons (Fsp3) is 0.0909. The van der Waals surface area contributed by atoms with Gasteiger partial charge in [0.25, 0.3) is 0 Å². The van der Waals surface area contributed by atoms with Crippen LogP contribution in [0.5, 0.6) is 0 Å².